The molecule has 0 unspecified atom stereocenters. The third-order valence-corrected chi connectivity index (χ3v) is 7.39. The van der Waals surface area contributed by atoms with E-state index in [1.165, 1.54) is 10.4 Å². The average Bonchev–Trinajstić information content (AvgIpc) is 2.79. The molecule has 0 bridgehead atoms. The number of carbonyl (C=O) groups is 1. The van der Waals surface area contributed by atoms with Gasteiger partial charge in [-0.2, -0.15) is 4.31 Å². The second-order valence-corrected chi connectivity index (χ2v) is 9.36. The van der Waals surface area contributed by atoms with E-state index in [4.69, 9.17) is 9.47 Å². The topological polar surface area (TPSA) is 76.2 Å². The summed E-state index contributed by atoms with van der Waals surface area (Å²) in [6.07, 6.45) is 3.21. The molecule has 0 atom stereocenters. The van der Waals surface area contributed by atoms with Gasteiger partial charge in [0.15, 0.2) is 11.5 Å². The van der Waals surface area contributed by atoms with E-state index in [2.05, 4.69) is 0 Å². The molecule has 0 N–H and O–H groups in total. The van der Waals surface area contributed by atoms with Gasteiger partial charge in [-0.15, -0.1) is 0 Å². The standard InChI is InChI=1S/C23H28N2O5S/c1-17-5-8-20(15-18(17)2)31(27,28)25-13-11-24(12-14-25)23(26)10-7-19-6-9-21(29-3)22(16-19)30-4/h5-10,15-16H,11-14H2,1-4H3. The molecule has 3 rings (SSSR count). The second kappa shape index (κ2) is 9.53. The normalized spacial score (nSPS) is 15.3. The van der Waals surface area contributed by atoms with Gasteiger partial charge in [-0.1, -0.05) is 12.1 Å². The van der Waals surface area contributed by atoms with Crippen LogP contribution in [0.2, 0.25) is 0 Å². The highest BCUT2D eigenvalue weighted by atomic mass is 32.2. The summed E-state index contributed by atoms with van der Waals surface area (Å²) in [6, 6.07) is 10.6. The van der Waals surface area contributed by atoms with E-state index in [9.17, 15) is 13.2 Å². The Morgan fingerprint density at radius 2 is 1.58 bits per heavy atom. The smallest absolute Gasteiger partial charge is 0.246 e. The van der Waals surface area contributed by atoms with Crippen LogP contribution in [0.25, 0.3) is 6.08 Å². The van der Waals surface area contributed by atoms with Crippen LogP contribution in [0.3, 0.4) is 0 Å². The lowest BCUT2D eigenvalue weighted by molar-refractivity contribution is -0.127. The monoisotopic (exact) mass is 444 g/mol. The molecule has 0 aliphatic carbocycles. The van der Waals surface area contributed by atoms with Crippen LogP contribution in [0.5, 0.6) is 11.5 Å². The maximum absolute atomic E-state index is 12.9. The Morgan fingerprint density at radius 3 is 2.19 bits per heavy atom. The zero-order valence-electron chi connectivity index (χ0n) is 18.3. The molecule has 1 aliphatic rings. The summed E-state index contributed by atoms with van der Waals surface area (Å²) in [5.41, 5.74) is 2.80. The van der Waals surface area contributed by atoms with Gasteiger partial charge in [0.2, 0.25) is 15.9 Å². The molecular formula is C23H28N2O5S. The van der Waals surface area contributed by atoms with Gasteiger partial charge in [0.1, 0.15) is 0 Å². The van der Waals surface area contributed by atoms with Crippen molar-refractivity contribution in [3.05, 3.63) is 59.2 Å². The summed E-state index contributed by atoms with van der Waals surface area (Å²) in [5.74, 6) is 1.05. The SMILES string of the molecule is COc1ccc(C=CC(=O)N2CCN(S(=O)(=O)c3ccc(C)c(C)c3)CC2)cc1OC. The molecule has 1 heterocycles. The summed E-state index contributed by atoms with van der Waals surface area (Å²) in [6.45, 7) is 5.08. The highest BCUT2D eigenvalue weighted by molar-refractivity contribution is 7.89. The number of rotatable bonds is 6. The predicted octanol–water partition coefficient (Wildman–Crippen LogP) is 2.87. The van der Waals surface area contributed by atoms with Gasteiger partial charge in [-0.05, 0) is 60.9 Å². The van der Waals surface area contributed by atoms with Crippen molar-refractivity contribution in [3.63, 3.8) is 0 Å². The summed E-state index contributed by atoms with van der Waals surface area (Å²) >= 11 is 0. The minimum absolute atomic E-state index is 0.155. The number of hydrogen-bond acceptors (Lipinski definition) is 5. The predicted molar refractivity (Wildman–Crippen MR) is 120 cm³/mol. The highest BCUT2D eigenvalue weighted by Crippen LogP contribution is 2.28. The molecule has 2 aromatic rings. The maximum Gasteiger partial charge on any atom is 0.246 e. The number of sulfonamides is 1. The quantitative estimate of drug-likeness (QED) is 0.641. The first kappa shape index (κ1) is 22.8. The van der Waals surface area contributed by atoms with E-state index >= 15 is 0 Å². The third-order valence-electron chi connectivity index (χ3n) is 5.49. The van der Waals surface area contributed by atoms with Gasteiger partial charge in [-0.25, -0.2) is 8.42 Å². The number of hydrogen-bond donors (Lipinski definition) is 0. The number of benzene rings is 2. The van der Waals surface area contributed by atoms with E-state index in [1.807, 2.05) is 26.0 Å². The van der Waals surface area contributed by atoms with Gasteiger partial charge in [-0.3, -0.25) is 4.79 Å². The number of aryl methyl sites for hydroxylation is 2. The van der Waals surface area contributed by atoms with Crippen LogP contribution >= 0.6 is 0 Å². The highest BCUT2D eigenvalue weighted by Gasteiger charge is 2.29. The van der Waals surface area contributed by atoms with Crippen LogP contribution in [-0.4, -0.2) is 63.9 Å². The van der Waals surface area contributed by atoms with Gasteiger partial charge >= 0.3 is 0 Å². The zero-order valence-corrected chi connectivity index (χ0v) is 19.1. The van der Waals surface area contributed by atoms with Gasteiger partial charge < -0.3 is 14.4 Å². The number of carbonyl (C=O) groups excluding carboxylic acids is 1. The third kappa shape index (κ3) is 5.08. The molecule has 0 saturated carbocycles. The Kier molecular flexibility index (Phi) is 7.02. The molecule has 2 aromatic carbocycles. The number of piperazine rings is 1. The molecule has 0 spiro atoms. The summed E-state index contributed by atoms with van der Waals surface area (Å²) in [4.78, 5) is 14.5. The Bertz CT molecular complexity index is 1090. The summed E-state index contributed by atoms with van der Waals surface area (Å²) in [7, 11) is -0.445. The molecule has 1 saturated heterocycles. The Balaban J connectivity index is 1.63. The lowest BCUT2D eigenvalue weighted by Crippen LogP contribution is -2.50. The Labute approximate surface area is 183 Å². The maximum atomic E-state index is 12.9. The van der Waals surface area contributed by atoms with Crippen molar-refractivity contribution in [1.82, 2.24) is 9.21 Å². The summed E-state index contributed by atoms with van der Waals surface area (Å²) < 4.78 is 37.8. The molecule has 31 heavy (non-hydrogen) atoms. The molecule has 1 fully saturated rings. The fourth-order valence-corrected chi connectivity index (χ4v) is 4.91. The molecule has 8 heteroatoms. The first-order chi connectivity index (χ1) is 14.8. The minimum Gasteiger partial charge on any atom is -0.493 e. The van der Waals surface area contributed by atoms with Crippen molar-refractivity contribution in [2.24, 2.45) is 0 Å². The fraction of sp³-hybridized carbons (Fsp3) is 0.348. The van der Waals surface area contributed by atoms with E-state index in [0.717, 1.165) is 16.7 Å². The largest absolute Gasteiger partial charge is 0.493 e. The average molecular weight is 445 g/mol. The number of nitrogens with zero attached hydrogens (tertiary/aromatic N) is 2. The van der Waals surface area contributed by atoms with Crippen LogP contribution in [-0.2, 0) is 14.8 Å². The van der Waals surface area contributed by atoms with Gasteiger partial charge in [0.05, 0.1) is 19.1 Å². The zero-order chi connectivity index (χ0) is 22.6. The van der Waals surface area contributed by atoms with Crippen molar-refractivity contribution in [3.8, 4) is 11.5 Å². The van der Waals surface area contributed by atoms with Crippen molar-refractivity contribution < 1.29 is 22.7 Å². The van der Waals surface area contributed by atoms with Crippen LogP contribution in [0.4, 0.5) is 0 Å². The van der Waals surface area contributed by atoms with Crippen LogP contribution in [0.15, 0.2) is 47.4 Å². The number of amides is 1. The van der Waals surface area contributed by atoms with Crippen LogP contribution in [0.1, 0.15) is 16.7 Å². The Morgan fingerprint density at radius 1 is 0.903 bits per heavy atom. The van der Waals surface area contributed by atoms with Crippen molar-refractivity contribution in [2.75, 3.05) is 40.4 Å². The summed E-state index contributed by atoms with van der Waals surface area (Å²) in [5, 5.41) is 0. The van der Waals surface area contributed by atoms with Crippen molar-refractivity contribution >= 4 is 22.0 Å². The first-order valence-corrected chi connectivity index (χ1v) is 11.5. The molecule has 0 radical (unpaired) electrons. The first-order valence-electron chi connectivity index (χ1n) is 10.0. The lowest BCUT2D eigenvalue weighted by atomic mass is 10.1. The molecule has 1 aliphatic heterocycles. The number of ether oxygens (including phenoxy) is 2. The lowest BCUT2D eigenvalue weighted by Gasteiger charge is -2.33. The van der Waals surface area contributed by atoms with Gasteiger partial charge in [0.25, 0.3) is 0 Å². The molecule has 0 aromatic heterocycles. The van der Waals surface area contributed by atoms with E-state index < -0.39 is 10.0 Å². The molecule has 166 valence electrons. The van der Waals surface area contributed by atoms with Crippen LogP contribution in [0, 0.1) is 13.8 Å². The fourth-order valence-electron chi connectivity index (χ4n) is 3.40. The van der Waals surface area contributed by atoms with Gasteiger partial charge in [0, 0.05) is 32.3 Å². The van der Waals surface area contributed by atoms with E-state index in [-0.39, 0.29) is 19.0 Å². The molecule has 7 nitrogen and oxygen atoms in total. The second-order valence-electron chi connectivity index (χ2n) is 7.42. The van der Waals surface area contributed by atoms with E-state index in [1.54, 1.807) is 49.5 Å². The van der Waals surface area contributed by atoms with Crippen molar-refractivity contribution in [1.29, 1.82) is 0 Å². The molecule has 1 amide bonds. The Hall–Kier alpha value is -2.84. The molecular weight excluding hydrogens is 416 g/mol. The minimum atomic E-state index is -3.57. The van der Waals surface area contributed by atoms with E-state index in [0.29, 0.717) is 29.5 Å². The van der Waals surface area contributed by atoms with Crippen molar-refractivity contribution in [2.45, 2.75) is 18.7 Å². The van der Waals surface area contributed by atoms with Crippen LogP contribution < -0.4 is 9.47 Å². The number of methoxy groups -OCH3 is 2.